The first-order valence-corrected chi connectivity index (χ1v) is 8.29. The highest BCUT2D eigenvalue weighted by atomic mass is 16.2. The lowest BCUT2D eigenvalue weighted by Gasteiger charge is -2.17. The Morgan fingerprint density at radius 1 is 1.32 bits per heavy atom. The second-order valence-corrected chi connectivity index (χ2v) is 6.27. The van der Waals surface area contributed by atoms with Crippen molar-refractivity contribution in [3.05, 3.63) is 41.5 Å². The summed E-state index contributed by atoms with van der Waals surface area (Å²) in [6.07, 6.45) is 1.42. The number of rotatable bonds is 4. The van der Waals surface area contributed by atoms with Crippen molar-refractivity contribution >= 4 is 17.6 Å². The largest absolute Gasteiger partial charge is 0.352 e. The van der Waals surface area contributed by atoms with E-state index in [9.17, 15) is 9.59 Å². The normalized spacial score (nSPS) is 16.7. The van der Waals surface area contributed by atoms with Gasteiger partial charge in [-0.05, 0) is 31.0 Å². The topological polar surface area (TPSA) is 103 Å². The molecule has 1 atom stereocenters. The van der Waals surface area contributed by atoms with Crippen LogP contribution in [0.25, 0.3) is 0 Å². The number of likely N-dealkylation sites (tertiary alicyclic amines) is 1. The number of aryl methyl sites for hydroxylation is 1. The van der Waals surface area contributed by atoms with E-state index in [0.717, 1.165) is 29.3 Å². The molecule has 25 heavy (non-hydrogen) atoms. The summed E-state index contributed by atoms with van der Waals surface area (Å²) in [6.45, 7) is 4.53. The summed E-state index contributed by atoms with van der Waals surface area (Å²) >= 11 is 0. The minimum atomic E-state index is -0.148. The fourth-order valence-electron chi connectivity index (χ4n) is 2.91. The first-order chi connectivity index (χ1) is 12.0. The van der Waals surface area contributed by atoms with E-state index in [1.54, 1.807) is 4.90 Å². The molecule has 3 N–H and O–H groups in total. The van der Waals surface area contributed by atoms with Crippen LogP contribution in [0.2, 0.25) is 0 Å². The summed E-state index contributed by atoms with van der Waals surface area (Å²) in [4.78, 5) is 29.4. The number of benzene rings is 1. The van der Waals surface area contributed by atoms with Gasteiger partial charge in [-0.2, -0.15) is 5.10 Å². The Labute approximate surface area is 146 Å². The Morgan fingerprint density at radius 2 is 2.08 bits per heavy atom. The van der Waals surface area contributed by atoms with Crippen LogP contribution in [0, 0.1) is 6.92 Å². The zero-order chi connectivity index (χ0) is 17.8. The maximum absolute atomic E-state index is 12.3. The monoisotopic (exact) mass is 342 g/mol. The summed E-state index contributed by atoms with van der Waals surface area (Å²) in [5.74, 6) is 1.47. The number of anilines is 1. The number of aromatic nitrogens is 3. The highest BCUT2D eigenvalue weighted by Gasteiger charge is 2.26. The van der Waals surface area contributed by atoms with Crippen LogP contribution in [-0.2, 0) is 11.2 Å². The van der Waals surface area contributed by atoms with Gasteiger partial charge in [0.25, 0.3) is 0 Å². The molecule has 0 unspecified atom stereocenters. The number of H-pyrrole nitrogens is 1. The van der Waals surface area contributed by atoms with Crippen molar-refractivity contribution < 1.29 is 9.59 Å². The third-order valence-corrected chi connectivity index (χ3v) is 4.09. The Kier molecular flexibility index (Phi) is 4.97. The number of urea groups is 1. The first-order valence-electron chi connectivity index (χ1n) is 8.29. The quantitative estimate of drug-likeness (QED) is 0.782. The molecule has 0 aliphatic carbocycles. The molecule has 132 valence electrons. The van der Waals surface area contributed by atoms with E-state index in [-0.39, 0.29) is 18.0 Å². The molecule has 3 amide bonds. The van der Waals surface area contributed by atoms with Crippen molar-refractivity contribution in [2.45, 2.75) is 32.7 Å². The highest BCUT2D eigenvalue weighted by molar-refractivity contribution is 5.89. The lowest BCUT2D eigenvalue weighted by molar-refractivity contribution is -0.119. The van der Waals surface area contributed by atoms with E-state index in [2.05, 4.69) is 25.8 Å². The maximum atomic E-state index is 12.3. The minimum absolute atomic E-state index is 0.0374. The van der Waals surface area contributed by atoms with E-state index in [1.807, 2.05) is 31.2 Å². The van der Waals surface area contributed by atoms with Gasteiger partial charge in [-0.3, -0.25) is 9.89 Å². The van der Waals surface area contributed by atoms with Gasteiger partial charge in [0.2, 0.25) is 5.91 Å². The van der Waals surface area contributed by atoms with Gasteiger partial charge < -0.3 is 15.5 Å². The van der Waals surface area contributed by atoms with Gasteiger partial charge in [0.15, 0.2) is 5.82 Å². The zero-order valence-electron chi connectivity index (χ0n) is 14.4. The van der Waals surface area contributed by atoms with E-state index >= 15 is 0 Å². The number of nitrogens with zero attached hydrogens (tertiary/aromatic N) is 3. The molecule has 1 saturated heterocycles. The number of hydrogen-bond acceptors (Lipinski definition) is 4. The summed E-state index contributed by atoms with van der Waals surface area (Å²) < 4.78 is 0. The average molecular weight is 342 g/mol. The number of hydrogen-bond donors (Lipinski definition) is 3. The predicted molar refractivity (Wildman–Crippen MR) is 93.2 cm³/mol. The van der Waals surface area contributed by atoms with E-state index in [0.29, 0.717) is 19.5 Å². The van der Waals surface area contributed by atoms with Crippen molar-refractivity contribution in [1.82, 2.24) is 25.4 Å². The molecule has 1 fully saturated rings. The zero-order valence-corrected chi connectivity index (χ0v) is 14.4. The number of carbonyl (C=O) groups is 2. The smallest absolute Gasteiger partial charge is 0.321 e. The van der Waals surface area contributed by atoms with Gasteiger partial charge in [-0.1, -0.05) is 12.1 Å². The van der Waals surface area contributed by atoms with Crippen molar-refractivity contribution in [2.24, 2.45) is 0 Å². The third-order valence-electron chi connectivity index (χ3n) is 4.09. The predicted octanol–water partition coefficient (Wildman–Crippen LogP) is 1.45. The molecule has 0 spiro atoms. The van der Waals surface area contributed by atoms with Crippen molar-refractivity contribution in [3.63, 3.8) is 0 Å². The second kappa shape index (κ2) is 7.33. The maximum Gasteiger partial charge on any atom is 0.321 e. The number of nitrogens with one attached hydrogen (secondary N) is 3. The Balaban J connectivity index is 1.53. The van der Waals surface area contributed by atoms with Crippen LogP contribution in [0.4, 0.5) is 10.5 Å². The minimum Gasteiger partial charge on any atom is -0.352 e. The molecule has 0 bridgehead atoms. The molecule has 1 aromatic heterocycles. The van der Waals surface area contributed by atoms with Crippen molar-refractivity contribution in [1.29, 1.82) is 0 Å². The summed E-state index contributed by atoms with van der Waals surface area (Å²) in [7, 11) is 0. The summed E-state index contributed by atoms with van der Waals surface area (Å²) in [5, 5.41) is 12.7. The highest BCUT2D eigenvalue weighted by Crippen LogP contribution is 2.15. The third kappa shape index (κ3) is 4.56. The molecule has 2 aromatic rings. The lowest BCUT2D eigenvalue weighted by Crippen LogP contribution is -2.38. The molecule has 1 aliphatic heterocycles. The van der Waals surface area contributed by atoms with E-state index < -0.39 is 0 Å². The number of amides is 3. The SMILES string of the molecule is CC(=O)N[C@@H]1CCN(C(=O)Nc2ccc(Cc3n[nH]c(C)n3)cc2)C1. The van der Waals surface area contributed by atoms with Gasteiger partial charge >= 0.3 is 6.03 Å². The van der Waals surface area contributed by atoms with Gasteiger partial charge in [0.1, 0.15) is 5.82 Å². The van der Waals surface area contributed by atoms with Crippen LogP contribution in [-0.4, -0.2) is 51.2 Å². The molecule has 1 aromatic carbocycles. The van der Waals surface area contributed by atoms with Crippen LogP contribution >= 0.6 is 0 Å². The molecular formula is C17H22N6O2. The van der Waals surface area contributed by atoms with Crippen LogP contribution in [0.1, 0.15) is 30.6 Å². The van der Waals surface area contributed by atoms with Crippen LogP contribution in [0.5, 0.6) is 0 Å². The Morgan fingerprint density at radius 3 is 2.72 bits per heavy atom. The standard InChI is InChI=1S/C17H22N6O2/c1-11-18-16(22-21-11)9-13-3-5-14(6-4-13)20-17(25)23-8-7-15(10-23)19-12(2)24/h3-6,15H,7-10H2,1-2H3,(H,19,24)(H,20,25)(H,18,21,22)/t15-/m1/s1. The number of aromatic amines is 1. The molecule has 2 heterocycles. The first kappa shape index (κ1) is 16.9. The summed E-state index contributed by atoms with van der Waals surface area (Å²) in [5.41, 5.74) is 1.81. The van der Waals surface area contributed by atoms with Crippen LogP contribution in [0.3, 0.4) is 0 Å². The molecule has 0 saturated carbocycles. The molecular weight excluding hydrogens is 320 g/mol. The number of carbonyl (C=O) groups excluding carboxylic acids is 2. The van der Waals surface area contributed by atoms with Crippen LogP contribution in [0.15, 0.2) is 24.3 Å². The molecule has 3 rings (SSSR count). The molecule has 0 radical (unpaired) electrons. The van der Waals surface area contributed by atoms with Crippen LogP contribution < -0.4 is 10.6 Å². The van der Waals surface area contributed by atoms with Gasteiger partial charge in [-0.25, -0.2) is 9.78 Å². The van der Waals surface area contributed by atoms with E-state index in [4.69, 9.17) is 0 Å². The second-order valence-electron chi connectivity index (χ2n) is 6.27. The van der Waals surface area contributed by atoms with Gasteiger partial charge in [-0.15, -0.1) is 0 Å². The average Bonchev–Trinajstić information content (AvgIpc) is 3.18. The molecule has 8 heteroatoms. The Bertz CT molecular complexity index is 755. The van der Waals surface area contributed by atoms with E-state index in [1.165, 1.54) is 6.92 Å². The molecule has 8 nitrogen and oxygen atoms in total. The van der Waals surface area contributed by atoms with Gasteiger partial charge in [0, 0.05) is 38.2 Å². The van der Waals surface area contributed by atoms with Crippen molar-refractivity contribution in [2.75, 3.05) is 18.4 Å². The summed E-state index contributed by atoms with van der Waals surface area (Å²) in [6, 6.07) is 7.53. The van der Waals surface area contributed by atoms with Gasteiger partial charge in [0.05, 0.1) is 0 Å². The van der Waals surface area contributed by atoms with Crippen molar-refractivity contribution in [3.8, 4) is 0 Å². The molecule has 1 aliphatic rings. The fourth-order valence-corrected chi connectivity index (χ4v) is 2.91. The fraction of sp³-hybridized carbons (Fsp3) is 0.412. The lowest BCUT2D eigenvalue weighted by atomic mass is 10.1. The Hall–Kier alpha value is -2.90.